The molecule has 2 rings (SSSR count). The largest absolute Gasteiger partial charge is 0.383 e. The van der Waals surface area contributed by atoms with E-state index in [1.54, 1.807) is 7.11 Å². The second-order valence-electron chi connectivity index (χ2n) is 4.93. The van der Waals surface area contributed by atoms with Gasteiger partial charge in [0.15, 0.2) is 0 Å². The molecule has 4 nitrogen and oxygen atoms in total. The summed E-state index contributed by atoms with van der Waals surface area (Å²) in [6.07, 6.45) is 2.09. The third-order valence-electron chi connectivity index (χ3n) is 3.72. The van der Waals surface area contributed by atoms with Crippen LogP contribution in [0.15, 0.2) is 24.3 Å². The molecule has 0 saturated heterocycles. The van der Waals surface area contributed by atoms with E-state index >= 15 is 0 Å². The second kappa shape index (κ2) is 6.68. The van der Waals surface area contributed by atoms with Crippen molar-refractivity contribution in [1.82, 2.24) is 10.2 Å². The molecule has 0 radical (unpaired) electrons. The smallest absolute Gasteiger partial charge is 0.236 e. The number of likely N-dealkylation sites (N-methyl/N-ethyl adjacent to an activating group) is 1. The van der Waals surface area contributed by atoms with Gasteiger partial charge in [0.25, 0.3) is 0 Å². The van der Waals surface area contributed by atoms with Gasteiger partial charge in [-0.1, -0.05) is 24.3 Å². The summed E-state index contributed by atoms with van der Waals surface area (Å²) in [4.78, 5) is 14.0. The molecule has 0 saturated carbocycles. The Bertz CT molecular complexity index is 434. The summed E-state index contributed by atoms with van der Waals surface area (Å²) in [5.41, 5.74) is 2.68. The molecule has 1 aromatic carbocycles. The van der Waals surface area contributed by atoms with E-state index in [1.165, 1.54) is 11.1 Å². The number of aryl methyl sites for hydroxylation is 1. The first kappa shape index (κ1) is 14.0. The van der Waals surface area contributed by atoms with E-state index in [9.17, 15) is 4.79 Å². The quantitative estimate of drug-likeness (QED) is 0.787. The number of nitrogens with one attached hydrogen (secondary N) is 1. The highest BCUT2D eigenvalue weighted by molar-refractivity contribution is 5.78. The fourth-order valence-electron chi connectivity index (χ4n) is 2.61. The summed E-state index contributed by atoms with van der Waals surface area (Å²) >= 11 is 0. The molecule has 104 valence electrons. The van der Waals surface area contributed by atoms with Gasteiger partial charge in [-0.3, -0.25) is 4.79 Å². The number of nitrogens with zero attached hydrogens (tertiary/aromatic N) is 1. The normalized spacial score (nSPS) is 17.3. The third kappa shape index (κ3) is 3.33. The maximum atomic E-state index is 12.1. The van der Waals surface area contributed by atoms with Crippen LogP contribution in [0.1, 0.15) is 23.6 Å². The van der Waals surface area contributed by atoms with Crippen molar-refractivity contribution in [2.45, 2.75) is 18.9 Å². The summed E-state index contributed by atoms with van der Waals surface area (Å²) in [5.74, 6) is 0.137. The number of benzene rings is 1. The average Bonchev–Trinajstić information content (AvgIpc) is 2.86. The van der Waals surface area contributed by atoms with Gasteiger partial charge in [0.2, 0.25) is 5.91 Å². The number of amides is 1. The predicted octanol–water partition coefficient (Wildman–Crippen LogP) is 1.37. The highest BCUT2D eigenvalue weighted by Crippen LogP contribution is 2.34. The minimum atomic E-state index is 0.137. The van der Waals surface area contributed by atoms with E-state index in [0.717, 1.165) is 12.8 Å². The zero-order valence-electron chi connectivity index (χ0n) is 11.7. The molecule has 0 aliphatic heterocycles. The van der Waals surface area contributed by atoms with Gasteiger partial charge >= 0.3 is 0 Å². The topological polar surface area (TPSA) is 41.6 Å². The lowest BCUT2D eigenvalue weighted by Crippen LogP contribution is -2.38. The lowest BCUT2D eigenvalue weighted by Gasteiger charge is -2.25. The zero-order chi connectivity index (χ0) is 13.7. The Balaban J connectivity index is 1.90. The van der Waals surface area contributed by atoms with Crippen LogP contribution in [-0.4, -0.2) is 44.7 Å². The van der Waals surface area contributed by atoms with E-state index < -0.39 is 0 Å². The monoisotopic (exact) mass is 262 g/mol. The standard InChI is InChI=1S/C15H22N2O2/c1-17(15(18)11-16-9-10-19-2)14-8-7-12-5-3-4-6-13(12)14/h3-6,14,16H,7-11H2,1-2H3. The van der Waals surface area contributed by atoms with E-state index in [0.29, 0.717) is 19.7 Å². The van der Waals surface area contributed by atoms with Crippen molar-refractivity contribution in [1.29, 1.82) is 0 Å². The van der Waals surface area contributed by atoms with Gasteiger partial charge in [-0.25, -0.2) is 0 Å². The molecular weight excluding hydrogens is 240 g/mol. The molecule has 0 aromatic heterocycles. The Kier molecular flexibility index (Phi) is 4.93. The number of carbonyl (C=O) groups excluding carboxylic acids is 1. The molecule has 1 aliphatic carbocycles. The molecule has 1 aliphatic rings. The molecule has 1 amide bonds. The molecule has 0 spiro atoms. The number of methoxy groups -OCH3 is 1. The fraction of sp³-hybridized carbons (Fsp3) is 0.533. The van der Waals surface area contributed by atoms with Crippen LogP contribution >= 0.6 is 0 Å². The van der Waals surface area contributed by atoms with Crippen LogP contribution in [-0.2, 0) is 16.0 Å². The van der Waals surface area contributed by atoms with Crippen LogP contribution in [0.25, 0.3) is 0 Å². The molecule has 1 N–H and O–H groups in total. The minimum Gasteiger partial charge on any atom is -0.383 e. The van der Waals surface area contributed by atoms with E-state index in [1.807, 2.05) is 18.0 Å². The van der Waals surface area contributed by atoms with Gasteiger partial charge in [0.1, 0.15) is 0 Å². The number of ether oxygens (including phenoxy) is 1. The molecule has 1 unspecified atom stereocenters. The Morgan fingerprint density at radius 1 is 1.47 bits per heavy atom. The molecule has 0 bridgehead atoms. The number of rotatable bonds is 6. The summed E-state index contributed by atoms with van der Waals surface area (Å²) in [7, 11) is 3.55. The zero-order valence-corrected chi connectivity index (χ0v) is 11.7. The maximum absolute atomic E-state index is 12.1. The first-order valence-electron chi connectivity index (χ1n) is 6.77. The van der Waals surface area contributed by atoms with Crippen molar-refractivity contribution in [3.05, 3.63) is 35.4 Å². The van der Waals surface area contributed by atoms with Crippen LogP contribution < -0.4 is 5.32 Å². The SMILES string of the molecule is COCCNCC(=O)N(C)C1CCc2ccccc21. The summed E-state index contributed by atoms with van der Waals surface area (Å²) in [6, 6.07) is 8.63. The Labute approximate surface area is 114 Å². The van der Waals surface area contributed by atoms with Gasteiger partial charge in [-0.2, -0.15) is 0 Å². The van der Waals surface area contributed by atoms with E-state index in [-0.39, 0.29) is 11.9 Å². The highest BCUT2D eigenvalue weighted by Gasteiger charge is 2.27. The van der Waals surface area contributed by atoms with Crippen LogP contribution in [0.5, 0.6) is 0 Å². The fourth-order valence-corrected chi connectivity index (χ4v) is 2.61. The molecule has 1 aromatic rings. The lowest BCUT2D eigenvalue weighted by molar-refractivity contribution is -0.131. The molecule has 0 fully saturated rings. The maximum Gasteiger partial charge on any atom is 0.236 e. The molecular formula is C15H22N2O2. The van der Waals surface area contributed by atoms with Crippen LogP contribution in [0, 0.1) is 0 Å². The van der Waals surface area contributed by atoms with Crippen LogP contribution in [0.2, 0.25) is 0 Å². The first-order valence-corrected chi connectivity index (χ1v) is 6.77. The molecule has 1 atom stereocenters. The van der Waals surface area contributed by atoms with Gasteiger partial charge in [0.05, 0.1) is 19.2 Å². The number of hydrogen-bond acceptors (Lipinski definition) is 3. The third-order valence-corrected chi connectivity index (χ3v) is 3.72. The van der Waals surface area contributed by atoms with Gasteiger partial charge in [-0.05, 0) is 24.0 Å². The van der Waals surface area contributed by atoms with Gasteiger partial charge in [0, 0.05) is 20.7 Å². The van der Waals surface area contributed by atoms with Crippen molar-refractivity contribution in [2.24, 2.45) is 0 Å². The van der Waals surface area contributed by atoms with Crippen molar-refractivity contribution >= 4 is 5.91 Å². The molecule has 19 heavy (non-hydrogen) atoms. The second-order valence-corrected chi connectivity index (χ2v) is 4.93. The number of fused-ring (bicyclic) bond motifs is 1. The Morgan fingerprint density at radius 2 is 2.26 bits per heavy atom. The van der Waals surface area contributed by atoms with Crippen molar-refractivity contribution < 1.29 is 9.53 Å². The van der Waals surface area contributed by atoms with Crippen LogP contribution in [0.4, 0.5) is 0 Å². The van der Waals surface area contributed by atoms with E-state index in [2.05, 4.69) is 23.5 Å². The summed E-state index contributed by atoms with van der Waals surface area (Å²) in [6.45, 7) is 1.71. The number of hydrogen-bond donors (Lipinski definition) is 1. The van der Waals surface area contributed by atoms with Crippen molar-refractivity contribution in [2.75, 3.05) is 33.9 Å². The van der Waals surface area contributed by atoms with Crippen molar-refractivity contribution in [3.63, 3.8) is 0 Å². The molecule has 4 heteroatoms. The minimum absolute atomic E-state index is 0.137. The van der Waals surface area contributed by atoms with Gasteiger partial charge < -0.3 is 15.0 Å². The first-order chi connectivity index (χ1) is 9.24. The van der Waals surface area contributed by atoms with Crippen molar-refractivity contribution in [3.8, 4) is 0 Å². The van der Waals surface area contributed by atoms with Gasteiger partial charge in [-0.15, -0.1) is 0 Å². The predicted molar refractivity (Wildman–Crippen MR) is 75.0 cm³/mol. The average molecular weight is 262 g/mol. The molecule has 0 heterocycles. The van der Waals surface area contributed by atoms with Crippen LogP contribution in [0.3, 0.4) is 0 Å². The number of carbonyl (C=O) groups is 1. The van der Waals surface area contributed by atoms with E-state index in [4.69, 9.17) is 4.74 Å². The summed E-state index contributed by atoms with van der Waals surface area (Å²) in [5, 5.41) is 3.10. The lowest BCUT2D eigenvalue weighted by atomic mass is 10.1. The Hall–Kier alpha value is -1.39. The highest BCUT2D eigenvalue weighted by atomic mass is 16.5. The Morgan fingerprint density at radius 3 is 3.05 bits per heavy atom. The summed E-state index contributed by atoms with van der Waals surface area (Å²) < 4.78 is 4.94.